The Morgan fingerprint density at radius 3 is 2.48 bits per heavy atom. The van der Waals surface area contributed by atoms with Gasteiger partial charge in [0, 0.05) is 11.1 Å². The normalized spacial score (nSPS) is 11.1. The molecule has 0 saturated heterocycles. The van der Waals surface area contributed by atoms with E-state index in [-0.39, 0.29) is 17.0 Å². The van der Waals surface area contributed by atoms with Crippen LogP contribution < -0.4 is 0 Å². The van der Waals surface area contributed by atoms with Gasteiger partial charge in [0.25, 0.3) is 0 Å². The average Bonchev–Trinajstić information content (AvgIpc) is 3.21. The van der Waals surface area contributed by atoms with Gasteiger partial charge < -0.3 is 14.5 Å². The maximum absolute atomic E-state index is 14.0. The first kappa shape index (κ1) is 15.2. The number of aromatic amines is 1. The van der Waals surface area contributed by atoms with Crippen molar-refractivity contribution in [2.75, 3.05) is 0 Å². The molecular formula is C20H14FNO3. The van der Waals surface area contributed by atoms with E-state index in [9.17, 15) is 9.18 Å². The van der Waals surface area contributed by atoms with Crippen LogP contribution in [0.2, 0.25) is 0 Å². The Bertz CT molecular complexity index is 1090. The van der Waals surface area contributed by atoms with Gasteiger partial charge in [-0.3, -0.25) is 0 Å². The summed E-state index contributed by atoms with van der Waals surface area (Å²) in [7, 11) is 0. The molecule has 2 aromatic heterocycles. The van der Waals surface area contributed by atoms with Crippen molar-refractivity contribution in [1.29, 1.82) is 0 Å². The van der Waals surface area contributed by atoms with E-state index in [0.29, 0.717) is 5.76 Å². The number of aromatic carboxylic acids is 1. The fourth-order valence-electron chi connectivity index (χ4n) is 2.88. The maximum Gasteiger partial charge on any atom is 0.335 e. The quantitative estimate of drug-likeness (QED) is 0.538. The second-order valence-corrected chi connectivity index (χ2v) is 5.94. The van der Waals surface area contributed by atoms with E-state index in [1.807, 2.05) is 25.1 Å². The molecule has 0 bridgehead atoms. The highest BCUT2D eigenvalue weighted by atomic mass is 19.1. The number of hydrogen-bond acceptors (Lipinski definition) is 2. The van der Waals surface area contributed by atoms with Gasteiger partial charge in [0.05, 0.1) is 11.3 Å². The first-order valence-electron chi connectivity index (χ1n) is 7.74. The first-order chi connectivity index (χ1) is 12.0. The molecule has 5 heteroatoms. The summed E-state index contributed by atoms with van der Waals surface area (Å²) in [6.07, 6.45) is 0. The van der Waals surface area contributed by atoms with Crippen LogP contribution in [0.4, 0.5) is 4.39 Å². The largest absolute Gasteiger partial charge is 0.478 e. The highest BCUT2D eigenvalue weighted by Crippen LogP contribution is 2.31. The molecule has 2 N–H and O–H groups in total. The number of aryl methyl sites for hydroxylation is 1. The minimum absolute atomic E-state index is 0.235. The Morgan fingerprint density at radius 2 is 1.76 bits per heavy atom. The Balaban J connectivity index is 1.71. The summed E-state index contributed by atoms with van der Waals surface area (Å²) < 4.78 is 19.7. The topological polar surface area (TPSA) is 66.2 Å². The molecule has 0 radical (unpaired) electrons. The van der Waals surface area contributed by atoms with E-state index in [0.717, 1.165) is 27.9 Å². The number of aromatic nitrogens is 1. The molecule has 2 aromatic carbocycles. The summed E-state index contributed by atoms with van der Waals surface area (Å²) in [5, 5.41) is 9.68. The number of fused-ring (bicyclic) bond motifs is 1. The molecule has 4 rings (SSSR count). The van der Waals surface area contributed by atoms with Crippen molar-refractivity contribution in [3.05, 3.63) is 71.5 Å². The number of rotatable bonds is 3. The summed E-state index contributed by atoms with van der Waals surface area (Å²) in [5.74, 6) is -0.788. The van der Waals surface area contributed by atoms with E-state index in [4.69, 9.17) is 9.52 Å². The molecule has 0 aliphatic rings. The molecule has 2 heterocycles. The van der Waals surface area contributed by atoms with Gasteiger partial charge in [-0.2, -0.15) is 0 Å². The second-order valence-electron chi connectivity index (χ2n) is 5.94. The van der Waals surface area contributed by atoms with Crippen molar-refractivity contribution < 1.29 is 18.7 Å². The summed E-state index contributed by atoms with van der Waals surface area (Å²) in [6, 6.07) is 15.4. The molecule has 0 atom stereocenters. The Hall–Kier alpha value is -3.34. The number of carboxylic acids is 1. The lowest BCUT2D eigenvalue weighted by atomic mass is 10.1. The van der Waals surface area contributed by atoms with Crippen LogP contribution in [0.15, 0.2) is 59.0 Å². The van der Waals surface area contributed by atoms with Crippen molar-refractivity contribution in [1.82, 2.24) is 4.98 Å². The average molecular weight is 335 g/mol. The van der Waals surface area contributed by atoms with Crippen LogP contribution >= 0.6 is 0 Å². The predicted octanol–water partition coefficient (Wildman–Crippen LogP) is 5.24. The zero-order valence-electron chi connectivity index (χ0n) is 13.3. The number of nitrogens with one attached hydrogen (secondary N) is 1. The number of hydrogen-bond donors (Lipinski definition) is 2. The van der Waals surface area contributed by atoms with Crippen molar-refractivity contribution in [3.8, 4) is 22.7 Å². The third-order valence-electron chi connectivity index (χ3n) is 4.11. The van der Waals surface area contributed by atoms with Crippen molar-refractivity contribution >= 4 is 16.9 Å². The maximum atomic E-state index is 14.0. The van der Waals surface area contributed by atoms with Crippen LogP contribution in [0.25, 0.3) is 33.7 Å². The summed E-state index contributed by atoms with van der Waals surface area (Å²) in [4.78, 5) is 14.1. The monoisotopic (exact) mass is 335 g/mol. The van der Waals surface area contributed by atoms with Gasteiger partial charge >= 0.3 is 5.97 Å². The molecule has 0 spiro atoms. The molecule has 0 amide bonds. The highest BCUT2D eigenvalue weighted by Gasteiger charge is 2.13. The lowest BCUT2D eigenvalue weighted by Gasteiger charge is -1.99. The van der Waals surface area contributed by atoms with E-state index < -0.39 is 5.97 Å². The molecule has 4 nitrogen and oxygen atoms in total. The first-order valence-corrected chi connectivity index (χ1v) is 7.74. The van der Waals surface area contributed by atoms with Crippen molar-refractivity contribution in [2.24, 2.45) is 0 Å². The van der Waals surface area contributed by atoms with E-state index in [2.05, 4.69) is 4.98 Å². The van der Waals surface area contributed by atoms with Crippen molar-refractivity contribution in [2.45, 2.75) is 6.92 Å². The number of furan rings is 1. The van der Waals surface area contributed by atoms with E-state index >= 15 is 0 Å². The van der Waals surface area contributed by atoms with Gasteiger partial charge in [0.1, 0.15) is 0 Å². The SMILES string of the molecule is Cc1cc(F)c2oc(-c3ccc(-c4ccc(C(=O)O)cc4)[nH]3)cc2c1. The minimum atomic E-state index is -0.960. The Kier molecular flexibility index (Phi) is 3.42. The highest BCUT2D eigenvalue weighted by molar-refractivity contribution is 5.88. The van der Waals surface area contributed by atoms with Crippen LogP contribution in [0.3, 0.4) is 0 Å². The van der Waals surface area contributed by atoms with Crippen LogP contribution in [-0.2, 0) is 0 Å². The molecule has 0 aliphatic carbocycles. The molecular weight excluding hydrogens is 321 g/mol. The Morgan fingerprint density at radius 1 is 1.04 bits per heavy atom. The third-order valence-corrected chi connectivity index (χ3v) is 4.11. The third kappa shape index (κ3) is 2.70. The fourth-order valence-corrected chi connectivity index (χ4v) is 2.88. The van der Waals surface area contributed by atoms with Crippen LogP contribution in [-0.4, -0.2) is 16.1 Å². The van der Waals surface area contributed by atoms with Crippen LogP contribution in [0.1, 0.15) is 15.9 Å². The van der Waals surface area contributed by atoms with Gasteiger partial charge in [0.15, 0.2) is 17.2 Å². The van der Waals surface area contributed by atoms with Gasteiger partial charge in [-0.15, -0.1) is 0 Å². The van der Waals surface area contributed by atoms with E-state index in [1.165, 1.54) is 6.07 Å². The van der Waals surface area contributed by atoms with Gasteiger partial charge in [0.2, 0.25) is 0 Å². The van der Waals surface area contributed by atoms with E-state index in [1.54, 1.807) is 30.3 Å². The summed E-state index contributed by atoms with van der Waals surface area (Å²) in [5.41, 5.74) is 3.72. The predicted molar refractivity (Wildman–Crippen MR) is 93.1 cm³/mol. The standard InChI is InChI=1S/C20H14FNO3/c1-11-8-14-10-18(25-19(14)15(21)9-11)17-7-6-16(22-17)12-2-4-13(5-3-12)20(23)24/h2-10,22H,1H3,(H,23,24). The summed E-state index contributed by atoms with van der Waals surface area (Å²) in [6.45, 7) is 1.84. The number of halogens is 1. The van der Waals surface area contributed by atoms with Gasteiger partial charge in [-0.25, -0.2) is 9.18 Å². The number of H-pyrrole nitrogens is 1. The number of carbonyl (C=O) groups is 1. The molecule has 25 heavy (non-hydrogen) atoms. The van der Waals surface area contributed by atoms with Gasteiger partial charge in [-0.05, 0) is 60.5 Å². The zero-order valence-corrected chi connectivity index (χ0v) is 13.3. The van der Waals surface area contributed by atoms with Gasteiger partial charge in [-0.1, -0.05) is 12.1 Å². The lowest BCUT2D eigenvalue weighted by Crippen LogP contribution is -1.94. The number of benzene rings is 2. The molecule has 0 fully saturated rings. The molecule has 4 aromatic rings. The molecule has 0 saturated carbocycles. The molecule has 124 valence electrons. The zero-order chi connectivity index (χ0) is 17.6. The Labute approximate surface area is 142 Å². The summed E-state index contributed by atoms with van der Waals surface area (Å²) >= 11 is 0. The lowest BCUT2D eigenvalue weighted by molar-refractivity contribution is 0.0697. The smallest absolute Gasteiger partial charge is 0.335 e. The number of carboxylic acid groups (broad SMARTS) is 1. The second kappa shape index (κ2) is 5.63. The minimum Gasteiger partial charge on any atom is -0.478 e. The van der Waals surface area contributed by atoms with Crippen LogP contribution in [0.5, 0.6) is 0 Å². The molecule has 0 unspecified atom stereocenters. The molecule has 0 aliphatic heterocycles. The van der Waals surface area contributed by atoms with Crippen molar-refractivity contribution in [3.63, 3.8) is 0 Å². The van der Waals surface area contributed by atoms with Crippen LogP contribution in [0, 0.1) is 12.7 Å². The fraction of sp³-hybridized carbons (Fsp3) is 0.0500.